The first-order valence-corrected chi connectivity index (χ1v) is 10.5. The second-order valence-corrected chi connectivity index (χ2v) is 7.74. The molecule has 0 amide bonds. The normalized spacial score (nSPS) is 15.9. The first-order chi connectivity index (χ1) is 15.7. The number of aliphatic hydroxyl groups is 2. The summed E-state index contributed by atoms with van der Waals surface area (Å²) in [6.45, 7) is 1.24. The Morgan fingerprint density at radius 3 is 2.38 bits per heavy atom. The van der Waals surface area contributed by atoms with Crippen molar-refractivity contribution in [2.45, 2.75) is 18.7 Å². The summed E-state index contributed by atoms with van der Waals surface area (Å²) in [4.78, 5) is 10.6. The summed E-state index contributed by atoms with van der Waals surface area (Å²) in [5, 5.41) is 25.6. The number of para-hydroxylation sites is 1. The average molecular weight is 432 g/mol. The number of nitrogen functional groups attached to an aromatic ring is 1. The van der Waals surface area contributed by atoms with E-state index in [0.29, 0.717) is 28.3 Å². The molecule has 1 fully saturated rings. The number of anilines is 1. The standard InChI is InChI=1S/C23H24N6O3/c24-21-19-20(15-7-9-17(10-8-15)32-16-5-2-1-3-6-16)27-29(22(19)26-14-25-21)23(18(31)13-30)28-11-4-12-28/h1-3,5-10,14,18,23,30-31H,4,11-13H2,(H2,24,25,26)/t18-,23?/m1/s1. The predicted molar refractivity (Wildman–Crippen MR) is 120 cm³/mol. The maximum Gasteiger partial charge on any atom is 0.165 e. The number of nitrogens with two attached hydrogens (primary N) is 1. The minimum absolute atomic E-state index is 0.307. The highest BCUT2D eigenvalue weighted by atomic mass is 16.5. The third kappa shape index (κ3) is 3.66. The van der Waals surface area contributed by atoms with Crippen molar-refractivity contribution in [1.29, 1.82) is 0 Å². The van der Waals surface area contributed by atoms with E-state index in [1.165, 1.54) is 6.33 Å². The van der Waals surface area contributed by atoms with Crippen LogP contribution in [0.2, 0.25) is 0 Å². The Bertz CT molecular complexity index is 1200. The van der Waals surface area contributed by atoms with Crippen LogP contribution in [0.15, 0.2) is 60.9 Å². The van der Waals surface area contributed by atoms with Gasteiger partial charge in [0.2, 0.25) is 0 Å². The van der Waals surface area contributed by atoms with E-state index in [4.69, 9.17) is 15.6 Å². The van der Waals surface area contributed by atoms with Crippen molar-refractivity contribution < 1.29 is 14.9 Å². The van der Waals surface area contributed by atoms with E-state index in [9.17, 15) is 10.2 Å². The Kier molecular flexibility index (Phi) is 5.44. The Morgan fingerprint density at radius 2 is 1.72 bits per heavy atom. The average Bonchev–Trinajstić information content (AvgIpc) is 3.17. The second-order valence-electron chi connectivity index (χ2n) is 7.74. The van der Waals surface area contributed by atoms with Gasteiger partial charge in [-0.05, 0) is 42.8 Å². The van der Waals surface area contributed by atoms with Crippen LogP contribution in [0.4, 0.5) is 5.82 Å². The fourth-order valence-electron chi connectivity index (χ4n) is 3.95. The minimum Gasteiger partial charge on any atom is -0.457 e. The van der Waals surface area contributed by atoms with Crippen LogP contribution in [0.3, 0.4) is 0 Å². The van der Waals surface area contributed by atoms with Crippen molar-refractivity contribution in [2.24, 2.45) is 0 Å². The summed E-state index contributed by atoms with van der Waals surface area (Å²) in [5.74, 6) is 1.76. The number of fused-ring (bicyclic) bond motifs is 1. The van der Waals surface area contributed by atoms with Crippen molar-refractivity contribution >= 4 is 16.9 Å². The SMILES string of the molecule is Nc1ncnc2c1c(-c1ccc(Oc3ccccc3)cc1)nn2C([C@H](O)CO)N1CCC1. The van der Waals surface area contributed by atoms with E-state index in [1.54, 1.807) is 4.68 Å². The summed E-state index contributed by atoms with van der Waals surface area (Å²) in [7, 11) is 0. The number of aromatic nitrogens is 4. The lowest BCUT2D eigenvalue weighted by Crippen LogP contribution is -2.49. The molecule has 1 saturated heterocycles. The predicted octanol–water partition coefficient (Wildman–Crippen LogP) is 2.43. The van der Waals surface area contributed by atoms with Crippen LogP contribution < -0.4 is 10.5 Å². The van der Waals surface area contributed by atoms with E-state index in [2.05, 4.69) is 14.9 Å². The highest BCUT2D eigenvalue weighted by Crippen LogP contribution is 2.35. The van der Waals surface area contributed by atoms with Gasteiger partial charge in [0.25, 0.3) is 0 Å². The molecule has 164 valence electrons. The number of likely N-dealkylation sites (tertiary alicyclic amines) is 1. The quantitative estimate of drug-likeness (QED) is 0.407. The summed E-state index contributed by atoms with van der Waals surface area (Å²) in [6.07, 6.45) is 0.861. The van der Waals surface area contributed by atoms with Crippen molar-refractivity contribution in [1.82, 2.24) is 24.6 Å². The zero-order valence-electron chi connectivity index (χ0n) is 17.4. The minimum atomic E-state index is -1.01. The van der Waals surface area contributed by atoms with Gasteiger partial charge in [-0.2, -0.15) is 5.10 Å². The van der Waals surface area contributed by atoms with Gasteiger partial charge in [0.15, 0.2) is 5.65 Å². The van der Waals surface area contributed by atoms with E-state index >= 15 is 0 Å². The van der Waals surface area contributed by atoms with Crippen molar-refractivity contribution in [3.8, 4) is 22.8 Å². The maximum atomic E-state index is 10.5. The Morgan fingerprint density at radius 1 is 1.00 bits per heavy atom. The molecule has 2 atom stereocenters. The zero-order valence-corrected chi connectivity index (χ0v) is 17.4. The third-order valence-corrected chi connectivity index (χ3v) is 5.67. The first kappa shape index (κ1) is 20.4. The lowest BCUT2D eigenvalue weighted by atomic mass is 10.1. The highest BCUT2D eigenvalue weighted by molar-refractivity contribution is 5.98. The molecule has 0 aliphatic carbocycles. The van der Waals surface area contributed by atoms with Crippen molar-refractivity contribution in [3.05, 3.63) is 60.9 Å². The molecule has 5 rings (SSSR count). The fourth-order valence-corrected chi connectivity index (χ4v) is 3.95. The van der Waals surface area contributed by atoms with Gasteiger partial charge in [-0.1, -0.05) is 18.2 Å². The Hall–Kier alpha value is -3.53. The molecule has 9 nitrogen and oxygen atoms in total. The molecule has 32 heavy (non-hydrogen) atoms. The number of rotatable bonds is 7. The summed E-state index contributed by atoms with van der Waals surface area (Å²) in [5.41, 5.74) is 8.16. The van der Waals surface area contributed by atoms with Crippen LogP contribution in [0, 0.1) is 0 Å². The third-order valence-electron chi connectivity index (χ3n) is 5.67. The second kappa shape index (κ2) is 8.54. The molecule has 4 aromatic rings. The van der Waals surface area contributed by atoms with Gasteiger partial charge in [0.1, 0.15) is 41.6 Å². The smallest absolute Gasteiger partial charge is 0.165 e. The number of ether oxygens (including phenoxy) is 1. The van der Waals surface area contributed by atoms with Crippen LogP contribution in [0.25, 0.3) is 22.3 Å². The molecule has 2 aromatic heterocycles. The van der Waals surface area contributed by atoms with Gasteiger partial charge in [-0.25, -0.2) is 14.6 Å². The molecule has 1 aliphatic rings. The topological polar surface area (TPSA) is 123 Å². The molecule has 1 aliphatic heterocycles. The number of nitrogens with zero attached hydrogens (tertiary/aromatic N) is 5. The molecule has 9 heteroatoms. The fraction of sp³-hybridized carbons (Fsp3) is 0.261. The molecule has 0 bridgehead atoms. The molecular weight excluding hydrogens is 408 g/mol. The van der Waals surface area contributed by atoms with E-state index in [1.807, 2.05) is 54.6 Å². The Labute approximate surface area is 184 Å². The molecule has 1 unspecified atom stereocenters. The van der Waals surface area contributed by atoms with Gasteiger partial charge >= 0.3 is 0 Å². The van der Waals surface area contributed by atoms with Gasteiger partial charge in [0.05, 0.1) is 12.0 Å². The molecule has 0 radical (unpaired) electrons. The molecule has 0 saturated carbocycles. The van der Waals surface area contributed by atoms with E-state index in [-0.39, 0.29) is 6.61 Å². The van der Waals surface area contributed by atoms with Gasteiger partial charge < -0.3 is 20.7 Å². The van der Waals surface area contributed by atoms with Gasteiger partial charge in [-0.15, -0.1) is 0 Å². The van der Waals surface area contributed by atoms with Gasteiger partial charge in [0, 0.05) is 18.7 Å². The summed E-state index contributed by atoms with van der Waals surface area (Å²) in [6, 6.07) is 17.1. The number of hydrogen-bond acceptors (Lipinski definition) is 8. The largest absolute Gasteiger partial charge is 0.457 e. The van der Waals surface area contributed by atoms with Gasteiger partial charge in [-0.3, -0.25) is 4.90 Å². The van der Waals surface area contributed by atoms with Crippen LogP contribution in [-0.4, -0.2) is 60.7 Å². The number of benzene rings is 2. The monoisotopic (exact) mass is 432 g/mol. The van der Waals surface area contributed by atoms with Crippen LogP contribution in [-0.2, 0) is 0 Å². The first-order valence-electron chi connectivity index (χ1n) is 10.5. The molecular formula is C23H24N6O3. The lowest BCUT2D eigenvalue weighted by molar-refractivity contribution is -0.0513. The summed E-state index contributed by atoms with van der Waals surface area (Å²) < 4.78 is 7.53. The molecule has 3 heterocycles. The zero-order chi connectivity index (χ0) is 22.1. The molecule has 4 N–H and O–H groups in total. The van der Waals surface area contributed by atoms with E-state index < -0.39 is 12.3 Å². The molecule has 0 spiro atoms. The van der Waals surface area contributed by atoms with Crippen molar-refractivity contribution in [3.63, 3.8) is 0 Å². The van der Waals surface area contributed by atoms with Crippen molar-refractivity contribution in [2.75, 3.05) is 25.4 Å². The van der Waals surface area contributed by atoms with Crippen LogP contribution in [0.1, 0.15) is 12.6 Å². The molecule has 2 aromatic carbocycles. The Balaban J connectivity index is 1.55. The lowest BCUT2D eigenvalue weighted by Gasteiger charge is -2.40. The van der Waals surface area contributed by atoms with Crippen LogP contribution in [0.5, 0.6) is 11.5 Å². The van der Waals surface area contributed by atoms with E-state index in [0.717, 1.165) is 30.8 Å². The van der Waals surface area contributed by atoms with Crippen LogP contribution >= 0.6 is 0 Å². The maximum absolute atomic E-state index is 10.5. The number of hydrogen-bond donors (Lipinski definition) is 3. The highest BCUT2D eigenvalue weighted by Gasteiger charge is 2.34. The number of aliphatic hydroxyl groups excluding tert-OH is 2. The summed E-state index contributed by atoms with van der Waals surface area (Å²) >= 11 is 0.